The molecule has 12 aromatic rings. The van der Waals surface area contributed by atoms with E-state index in [9.17, 15) is 0 Å². The first-order valence-electron chi connectivity index (χ1n) is 19.6. The maximum absolute atomic E-state index is 6.85. The molecule has 272 valence electrons. The monoisotopic (exact) mass is 743 g/mol. The Kier molecular flexibility index (Phi) is 7.20. The molecule has 9 aromatic carbocycles. The van der Waals surface area contributed by atoms with Crippen molar-refractivity contribution in [3.05, 3.63) is 200 Å². The van der Waals surface area contributed by atoms with Crippen LogP contribution in [0, 0.1) is 0 Å². The molecule has 0 saturated heterocycles. The molecule has 0 bridgehead atoms. The predicted molar refractivity (Wildman–Crippen MR) is 239 cm³/mol. The number of benzene rings is 9. The van der Waals surface area contributed by atoms with Gasteiger partial charge in [-0.3, -0.25) is 0 Å². The summed E-state index contributed by atoms with van der Waals surface area (Å²) >= 11 is 0. The van der Waals surface area contributed by atoms with E-state index in [0.29, 0.717) is 0 Å². The first-order valence-corrected chi connectivity index (χ1v) is 19.6. The van der Waals surface area contributed by atoms with E-state index < -0.39 is 0 Å². The molecule has 0 aliphatic heterocycles. The molecule has 0 spiro atoms. The van der Waals surface area contributed by atoms with Crippen LogP contribution in [0.25, 0.3) is 99.2 Å². The first-order chi connectivity index (χ1) is 28.7. The van der Waals surface area contributed by atoms with E-state index in [1.807, 2.05) is 30.3 Å². The zero-order valence-corrected chi connectivity index (χ0v) is 31.2. The van der Waals surface area contributed by atoms with Gasteiger partial charge in [-0.25, -0.2) is 0 Å². The van der Waals surface area contributed by atoms with Gasteiger partial charge in [0.1, 0.15) is 27.9 Å². The van der Waals surface area contributed by atoms with E-state index in [-0.39, 0.29) is 0 Å². The molecule has 4 heteroatoms. The first kappa shape index (κ1) is 32.4. The van der Waals surface area contributed by atoms with Gasteiger partial charge in [-0.2, -0.15) is 0 Å². The number of anilines is 3. The molecule has 3 aromatic heterocycles. The Labute approximate surface area is 333 Å². The molecule has 0 amide bonds. The number of rotatable bonds is 6. The van der Waals surface area contributed by atoms with Crippen molar-refractivity contribution < 1.29 is 13.3 Å². The lowest BCUT2D eigenvalue weighted by atomic mass is 9.95. The van der Waals surface area contributed by atoms with Crippen LogP contribution in [0.5, 0.6) is 0 Å². The normalized spacial score (nSPS) is 11.8. The quantitative estimate of drug-likeness (QED) is 0.170. The third-order valence-electron chi connectivity index (χ3n) is 11.5. The van der Waals surface area contributed by atoms with Crippen LogP contribution < -0.4 is 4.90 Å². The second-order valence-corrected chi connectivity index (χ2v) is 14.8. The van der Waals surface area contributed by atoms with Gasteiger partial charge < -0.3 is 18.2 Å². The maximum Gasteiger partial charge on any atom is 0.159 e. The highest BCUT2D eigenvalue weighted by Crippen LogP contribution is 2.45. The molecule has 0 unspecified atom stereocenters. The van der Waals surface area contributed by atoms with Gasteiger partial charge in [0.25, 0.3) is 0 Å². The zero-order chi connectivity index (χ0) is 38.2. The van der Waals surface area contributed by atoms with E-state index in [0.717, 1.165) is 105 Å². The second kappa shape index (κ2) is 12.9. The Morgan fingerprint density at radius 2 is 0.793 bits per heavy atom. The molecule has 0 N–H and O–H groups in total. The van der Waals surface area contributed by atoms with E-state index in [2.05, 4.69) is 175 Å². The molecule has 3 heterocycles. The fourth-order valence-electron chi connectivity index (χ4n) is 8.81. The van der Waals surface area contributed by atoms with Crippen LogP contribution in [0.1, 0.15) is 0 Å². The summed E-state index contributed by atoms with van der Waals surface area (Å²) < 4.78 is 19.7. The third-order valence-corrected chi connectivity index (χ3v) is 11.5. The molecule has 4 nitrogen and oxygen atoms in total. The SMILES string of the molecule is c1ccc(-c2ccc(N(c3ccccc3)c3cccc4c3oc3cc(-c5ccc6c(c5)oc5cccc(-c7cccc8oc9ccccc9c78)c56)ccc34)cc2)cc1. The summed E-state index contributed by atoms with van der Waals surface area (Å²) in [5, 5.41) is 6.54. The molecule has 0 radical (unpaired) electrons. The Balaban J connectivity index is 0.958. The topological polar surface area (TPSA) is 42.7 Å². The summed E-state index contributed by atoms with van der Waals surface area (Å²) in [4.78, 5) is 2.28. The summed E-state index contributed by atoms with van der Waals surface area (Å²) in [6.07, 6.45) is 0. The number of fused-ring (bicyclic) bond motifs is 9. The fourth-order valence-corrected chi connectivity index (χ4v) is 8.81. The van der Waals surface area contributed by atoms with Gasteiger partial charge >= 0.3 is 0 Å². The van der Waals surface area contributed by atoms with Gasteiger partial charge in [0.2, 0.25) is 0 Å². The number of hydrogen-bond acceptors (Lipinski definition) is 4. The number of para-hydroxylation sites is 3. The van der Waals surface area contributed by atoms with Crippen molar-refractivity contribution in [1.82, 2.24) is 0 Å². The van der Waals surface area contributed by atoms with Crippen LogP contribution in [-0.2, 0) is 0 Å². The average Bonchev–Trinajstić information content (AvgIpc) is 3.98. The van der Waals surface area contributed by atoms with Gasteiger partial charge in [-0.15, -0.1) is 0 Å². The summed E-state index contributed by atoms with van der Waals surface area (Å²) in [7, 11) is 0. The van der Waals surface area contributed by atoms with Crippen molar-refractivity contribution in [2.75, 3.05) is 4.90 Å². The lowest BCUT2D eigenvalue weighted by molar-refractivity contribution is 0.668. The largest absolute Gasteiger partial charge is 0.456 e. The second-order valence-electron chi connectivity index (χ2n) is 14.8. The van der Waals surface area contributed by atoms with Crippen LogP contribution in [0.4, 0.5) is 17.1 Å². The average molecular weight is 744 g/mol. The van der Waals surface area contributed by atoms with E-state index in [1.165, 1.54) is 11.1 Å². The van der Waals surface area contributed by atoms with Crippen LogP contribution in [0.2, 0.25) is 0 Å². The number of nitrogens with zero attached hydrogens (tertiary/aromatic N) is 1. The van der Waals surface area contributed by atoms with Crippen molar-refractivity contribution in [2.45, 2.75) is 0 Å². The molecular formula is C54H33NO3. The minimum atomic E-state index is 0.833. The highest BCUT2D eigenvalue weighted by Gasteiger charge is 2.21. The van der Waals surface area contributed by atoms with E-state index in [1.54, 1.807) is 0 Å². The van der Waals surface area contributed by atoms with Crippen molar-refractivity contribution in [3.63, 3.8) is 0 Å². The van der Waals surface area contributed by atoms with Gasteiger partial charge in [0, 0.05) is 43.7 Å². The maximum atomic E-state index is 6.85. The van der Waals surface area contributed by atoms with Crippen molar-refractivity contribution >= 4 is 82.9 Å². The van der Waals surface area contributed by atoms with Crippen molar-refractivity contribution in [1.29, 1.82) is 0 Å². The van der Waals surface area contributed by atoms with Crippen LogP contribution in [-0.4, -0.2) is 0 Å². The minimum Gasteiger partial charge on any atom is -0.456 e. The Morgan fingerprint density at radius 1 is 0.293 bits per heavy atom. The third kappa shape index (κ3) is 5.09. The summed E-state index contributed by atoms with van der Waals surface area (Å²) in [5.74, 6) is 0. The highest BCUT2D eigenvalue weighted by molar-refractivity contribution is 6.19. The summed E-state index contributed by atoms with van der Waals surface area (Å²) in [5.41, 5.74) is 15.0. The van der Waals surface area contributed by atoms with Gasteiger partial charge in [0.05, 0.1) is 5.69 Å². The molecule has 0 aliphatic rings. The van der Waals surface area contributed by atoms with Crippen molar-refractivity contribution in [2.24, 2.45) is 0 Å². The predicted octanol–water partition coefficient (Wildman–Crippen LogP) is 15.9. The lowest BCUT2D eigenvalue weighted by Crippen LogP contribution is -2.10. The molecule has 0 aliphatic carbocycles. The van der Waals surface area contributed by atoms with Crippen LogP contribution in [0.15, 0.2) is 213 Å². The van der Waals surface area contributed by atoms with Crippen molar-refractivity contribution in [3.8, 4) is 33.4 Å². The minimum absolute atomic E-state index is 0.833. The standard InChI is InChI=1S/C54H33NO3/c1-3-12-34(13-4-1)35-24-28-39(29-25-35)55(38-14-5-2-6-15-38)46-20-9-19-43-40-30-26-36(32-50(40)58-54(43)46)37-27-31-45-51(33-37)57-49-23-11-18-42(53(45)49)41-17-10-22-48-52(41)44-16-7-8-21-47(44)56-48/h1-33H. The summed E-state index contributed by atoms with van der Waals surface area (Å²) in [6, 6.07) is 70.0. The van der Waals surface area contributed by atoms with Gasteiger partial charge in [-0.05, 0) is 106 Å². The van der Waals surface area contributed by atoms with Gasteiger partial charge in [0.15, 0.2) is 5.58 Å². The smallest absolute Gasteiger partial charge is 0.159 e. The fraction of sp³-hybridized carbons (Fsp3) is 0. The molecule has 0 atom stereocenters. The molecule has 12 rings (SSSR count). The molecule has 0 fully saturated rings. The summed E-state index contributed by atoms with van der Waals surface area (Å²) in [6.45, 7) is 0. The molecule has 0 saturated carbocycles. The Hall–Kier alpha value is -7.82. The Bertz CT molecular complexity index is 3500. The Morgan fingerprint density at radius 3 is 1.52 bits per heavy atom. The number of hydrogen-bond donors (Lipinski definition) is 0. The van der Waals surface area contributed by atoms with E-state index in [4.69, 9.17) is 13.3 Å². The zero-order valence-electron chi connectivity index (χ0n) is 31.2. The van der Waals surface area contributed by atoms with E-state index >= 15 is 0 Å². The van der Waals surface area contributed by atoms with Crippen LogP contribution in [0.3, 0.4) is 0 Å². The van der Waals surface area contributed by atoms with Crippen LogP contribution >= 0.6 is 0 Å². The lowest BCUT2D eigenvalue weighted by Gasteiger charge is -2.25. The number of furan rings is 3. The molecular weight excluding hydrogens is 711 g/mol. The highest BCUT2D eigenvalue weighted by atomic mass is 16.3. The van der Waals surface area contributed by atoms with Gasteiger partial charge in [-0.1, -0.05) is 127 Å². The molecule has 58 heavy (non-hydrogen) atoms.